The first-order valence-electron chi connectivity index (χ1n) is 7.00. The summed E-state index contributed by atoms with van der Waals surface area (Å²) >= 11 is 0. The van der Waals surface area contributed by atoms with Crippen molar-refractivity contribution in [3.63, 3.8) is 0 Å². The fraction of sp³-hybridized carbons (Fsp3) is 0.467. The summed E-state index contributed by atoms with van der Waals surface area (Å²) in [5.74, 6) is 0.635. The smallest absolute Gasteiger partial charge is 0.253 e. The number of carbonyl (C=O) groups excluding carboxylic acids is 2. The molecule has 1 saturated heterocycles. The molecule has 1 aliphatic rings. The van der Waals surface area contributed by atoms with Crippen LogP contribution in [0.25, 0.3) is 0 Å². The van der Waals surface area contributed by atoms with E-state index in [2.05, 4.69) is 0 Å². The van der Waals surface area contributed by atoms with E-state index in [-0.39, 0.29) is 24.2 Å². The first kappa shape index (κ1) is 18.3. The van der Waals surface area contributed by atoms with Gasteiger partial charge in [0.2, 0.25) is 5.91 Å². The largest absolute Gasteiger partial charge is 0.497 e. The number of piperazine rings is 1. The van der Waals surface area contributed by atoms with Crippen LogP contribution in [-0.2, 0) is 4.79 Å². The number of carbonyl (C=O) groups is 2. The lowest BCUT2D eigenvalue weighted by Crippen LogP contribution is -2.53. The summed E-state index contributed by atoms with van der Waals surface area (Å²) in [4.78, 5) is 27.6. The second kappa shape index (κ2) is 8.00. The molecule has 1 aliphatic heterocycles. The summed E-state index contributed by atoms with van der Waals surface area (Å²) < 4.78 is 5.08. The quantitative estimate of drug-likeness (QED) is 0.889. The van der Waals surface area contributed by atoms with E-state index in [0.29, 0.717) is 31.7 Å². The molecule has 1 atom stereocenters. The van der Waals surface area contributed by atoms with E-state index in [1.165, 1.54) is 0 Å². The molecule has 6 nitrogen and oxygen atoms in total. The number of amides is 2. The Labute approximate surface area is 136 Å². The Balaban J connectivity index is 0.00000242. The molecular formula is C15H22ClN3O3. The number of hydrogen-bond acceptors (Lipinski definition) is 4. The van der Waals surface area contributed by atoms with Gasteiger partial charge in [-0.2, -0.15) is 0 Å². The van der Waals surface area contributed by atoms with Gasteiger partial charge in [0.05, 0.1) is 13.2 Å². The zero-order valence-corrected chi connectivity index (χ0v) is 13.6. The van der Waals surface area contributed by atoms with Gasteiger partial charge in [0, 0.05) is 31.7 Å². The van der Waals surface area contributed by atoms with Crippen LogP contribution < -0.4 is 10.5 Å². The molecule has 122 valence electrons. The molecule has 22 heavy (non-hydrogen) atoms. The number of halogens is 1. The molecule has 0 spiro atoms. The molecule has 1 fully saturated rings. The molecule has 2 amide bonds. The van der Waals surface area contributed by atoms with E-state index in [4.69, 9.17) is 10.5 Å². The van der Waals surface area contributed by atoms with Gasteiger partial charge in [-0.05, 0) is 31.2 Å². The van der Waals surface area contributed by atoms with Crippen LogP contribution in [0.4, 0.5) is 0 Å². The van der Waals surface area contributed by atoms with Gasteiger partial charge in [-0.25, -0.2) is 0 Å². The third-order valence-corrected chi connectivity index (χ3v) is 3.61. The Morgan fingerprint density at radius 1 is 1.09 bits per heavy atom. The van der Waals surface area contributed by atoms with Crippen LogP contribution in [-0.4, -0.2) is 60.9 Å². The maximum Gasteiger partial charge on any atom is 0.253 e. The van der Waals surface area contributed by atoms with Gasteiger partial charge in [0.1, 0.15) is 5.75 Å². The molecule has 1 unspecified atom stereocenters. The van der Waals surface area contributed by atoms with Crippen molar-refractivity contribution in [3.05, 3.63) is 29.8 Å². The minimum atomic E-state index is -0.492. The fourth-order valence-corrected chi connectivity index (χ4v) is 2.33. The van der Waals surface area contributed by atoms with Crippen molar-refractivity contribution in [1.82, 2.24) is 9.80 Å². The Bertz CT molecular complexity index is 511. The van der Waals surface area contributed by atoms with E-state index < -0.39 is 6.04 Å². The summed E-state index contributed by atoms with van der Waals surface area (Å²) in [6.45, 7) is 3.80. The number of nitrogens with zero attached hydrogens (tertiary/aromatic N) is 2. The molecule has 7 heteroatoms. The molecular weight excluding hydrogens is 306 g/mol. The second-order valence-electron chi connectivity index (χ2n) is 5.13. The van der Waals surface area contributed by atoms with Gasteiger partial charge in [0.25, 0.3) is 5.91 Å². The van der Waals surface area contributed by atoms with E-state index in [9.17, 15) is 9.59 Å². The fourth-order valence-electron chi connectivity index (χ4n) is 2.33. The Kier molecular flexibility index (Phi) is 6.64. The van der Waals surface area contributed by atoms with Crippen LogP contribution in [0.2, 0.25) is 0 Å². The Morgan fingerprint density at radius 2 is 1.59 bits per heavy atom. The van der Waals surface area contributed by atoms with E-state index in [0.717, 1.165) is 5.75 Å². The first-order valence-corrected chi connectivity index (χ1v) is 7.00. The van der Waals surface area contributed by atoms with Crippen LogP contribution in [0.15, 0.2) is 24.3 Å². The molecule has 0 aliphatic carbocycles. The Hall–Kier alpha value is -1.79. The van der Waals surface area contributed by atoms with Crippen LogP contribution in [0.3, 0.4) is 0 Å². The second-order valence-corrected chi connectivity index (χ2v) is 5.13. The van der Waals surface area contributed by atoms with E-state index >= 15 is 0 Å². The molecule has 2 rings (SSSR count). The number of hydrogen-bond donors (Lipinski definition) is 1. The van der Waals surface area contributed by atoms with Gasteiger partial charge < -0.3 is 20.3 Å². The summed E-state index contributed by atoms with van der Waals surface area (Å²) in [6, 6.07) is 6.54. The van der Waals surface area contributed by atoms with Gasteiger partial charge in [-0.15, -0.1) is 12.4 Å². The Morgan fingerprint density at radius 3 is 2.05 bits per heavy atom. The van der Waals surface area contributed by atoms with Crippen molar-refractivity contribution in [2.75, 3.05) is 33.3 Å². The summed E-state index contributed by atoms with van der Waals surface area (Å²) in [7, 11) is 1.59. The zero-order chi connectivity index (χ0) is 15.4. The average Bonchev–Trinajstić information content (AvgIpc) is 2.53. The van der Waals surface area contributed by atoms with Crippen molar-refractivity contribution >= 4 is 24.2 Å². The minimum Gasteiger partial charge on any atom is -0.497 e. The predicted octanol–water partition coefficient (Wildman–Crippen LogP) is 0.749. The lowest BCUT2D eigenvalue weighted by Gasteiger charge is -2.35. The number of ether oxygens (including phenoxy) is 1. The van der Waals surface area contributed by atoms with E-state index in [1.54, 1.807) is 48.1 Å². The van der Waals surface area contributed by atoms with Gasteiger partial charge >= 0.3 is 0 Å². The highest BCUT2D eigenvalue weighted by atomic mass is 35.5. The number of rotatable bonds is 3. The van der Waals surface area contributed by atoms with E-state index in [1.807, 2.05) is 0 Å². The highest BCUT2D eigenvalue weighted by molar-refractivity contribution is 5.94. The summed E-state index contributed by atoms with van der Waals surface area (Å²) in [5, 5.41) is 0. The maximum absolute atomic E-state index is 12.4. The summed E-state index contributed by atoms with van der Waals surface area (Å²) in [6.07, 6.45) is 0. The standard InChI is InChI=1S/C15H21N3O3.ClH/c1-11(16)14(19)17-7-9-18(10-8-17)15(20)12-3-5-13(21-2)6-4-12;/h3-6,11H,7-10,16H2,1-2H3;1H. The molecule has 1 heterocycles. The first-order chi connectivity index (χ1) is 10.0. The molecule has 1 aromatic rings. The minimum absolute atomic E-state index is 0. The lowest BCUT2D eigenvalue weighted by molar-refractivity contribution is -0.133. The lowest BCUT2D eigenvalue weighted by atomic mass is 10.1. The van der Waals surface area contributed by atoms with Crippen molar-refractivity contribution in [2.24, 2.45) is 5.73 Å². The number of nitrogens with two attached hydrogens (primary N) is 1. The van der Waals surface area contributed by atoms with Crippen LogP contribution in [0.1, 0.15) is 17.3 Å². The predicted molar refractivity (Wildman–Crippen MR) is 86.4 cm³/mol. The maximum atomic E-state index is 12.4. The molecule has 0 radical (unpaired) electrons. The van der Waals surface area contributed by atoms with Crippen LogP contribution in [0, 0.1) is 0 Å². The van der Waals surface area contributed by atoms with Crippen molar-refractivity contribution in [3.8, 4) is 5.75 Å². The zero-order valence-electron chi connectivity index (χ0n) is 12.8. The highest BCUT2D eigenvalue weighted by Gasteiger charge is 2.26. The van der Waals surface area contributed by atoms with Gasteiger partial charge in [-0.1, -0.05) is 0 Å². The highest BCUT2D eigenvalue weighted by Crippen LogP contribution is 2.14. The molecule has 2 N–H and O–H groups in total. The topological polar surface area (TPSA) is 75.9 Å². The molecule has 0 aromatic heterocycles. The van der Waals surface area contributed by atoms with Gasteiger partial charge in [-0.3, -0.25) is 9.59 Å². The molecule has 1 aromatic carbocycles. The molecule has 0 saturated carbocycles. The van der Waals surface area contributed by atoms with Crippen LogP contribution >= 0.6 is 12.4 Å². The number of benzene rings is 1. The van der Waals surface area contributed by atoms with Crippen molar-refractivity contribution in [2.45, 2.75) is 13.0 Å². The van der Waals surface area contributed by atoms with Crippen molar-refractivity contribution in [1.29, 1.82) is 0 Å². The third-order valence-electron chi connectivity index (χ3n) is 3.61. The number of methoxy groups -OCH3 is 1. The van der Waals surface area contributed by atoms with Crippen LogP contribution in [0.5, 0.6) is 5.75 Å². The SMILES string of the molecule is COc1ccc(C(=O)N2CCN(C(=O)C(C)N)CC2)cc1.Cl. The average molecular weight is 328 g/mol. The van der Waals surface area contributed by atoms with Gasteiger partial charge in [0.15, 0.2) is 0 Å². The van der Waals surface area contributed by atoms with Crippen molar-refractivity contribution < 1.29 is 14.3 Å². The monoisotopic (exact) mass is 327 g/mol. The third kappa shape index (κ3) is 4.11. The summed E-state index contributed by atoms with van der Waals surface area (Å²) in [5.41, 5.74) is 6.22. The molecule has 0 bridgehead atoms. The normalized spacial score (nSPS) is 15.8.